The van der Waals surface area contributed by atoms with Crippen molar-refractivity contribution in [2.75, 3.05) is 0 Å². The molecule has 0 saturated heterocycles. The quantitative estimate of drug-likeness (QED) is 0.257. The van der Waals surface area contributed by atoms with Crippen molar-refractivity contribution < 1.29 is 80.1 Å². The van der Waals surface area contributed by atoms with E-state index in [-0.39, 0.29) is 69.4 Å². The van der Waals surface area contributed by atoms with Gasteiger partial charge >= 0.3 is 17.9 Å². The van der Waals surface area contributed by atoms with Gasteiger partial charge in [0.1, 0.15) is 0 Å². The molecule has 3 rings (SSSR count). The smallest absolute Gasteiger partial charge is 0.335 e. The van der Waals surface area contributed by atoms with Gasteiger partial charge in [0, 0.05) is 72.0 Å². The SMILES string of the molecule is O=C(O)c1cccc([N+](=O)[O-])c1.O=C(O)c1cccc([N+](=O)[O-])c1.O=C(O)c1cccc([N+](=O)[O-])c1.[La]. The Balaban J connectivity index is 0.000000518. The molecule has 0 saturated carbocycles. The van der Waals surface area contributed by atoms with Gasteiger partial charge in [0.05, 0.1) is 31.5 Å². The van der Waals surface area contributed by atoms with Gasteiger partial charge in [-0.3, -0.25) is 30.3 Å². The summed E-state index contributed by atoms with van der Waals surface area (Å²) in [7, 11) is 0. The van der Waals surface area contributed by atoms with E-state index in [0.29, 0.717) is 0 Å². The minimum absolute atomic E-state index is 0. The van der Waals surface area contributed by atoms with Gasteiger partial charge in [0.2, 0.25) is 0 Å². The number of nitro groups is 3. The summed E-state index contributed by atoms with van der Waals surface area (Å²) in [4.78, 5) is 59.7. The average Bonchev–Trinajstić information content (AvgIpc) is 2.85. The fourth-order valence-corrected chi connectivity index (χ4v) is 2.26. The van der Waals surface area contributed by atoms with Crippen molar-refractivity contribution in [1.29, 1.82) is 0 Å². The van der Waals surface area contributed by atoms with Gasteiger partial charge < -0.3 is 15.3 Å². The van der Waals surface area contributed by atoms with Gasteiger partial charge in [-0.2, -0.15) is 0 Å². The van der Waals surface area contributed by atoms with E-state index in [1.807, 2.05) is 0 Å². The summed E-state index contributed by atoms with van der Waals surface area (Å²) in [5, 5.41) is 56.0. The molecule has 0 atom stereocenters. The van der Waals surface area contributed by atoms with Gasteiger partial charge in [-0.15, -0.1) is 0 Å². The minimum Gasteiger partial charge on any atom is -0.478 e. The zero-order chi connectivity index (χ0) is 27.4. The number of carboxylic acid groups (broad SMARTS) is 3. The Morgan fingerprint density at radius 3 is 0.892 bits per heavy atom. The van der Waals surface area contributed by atoms with Crippen molar-refractivity contribution in [3.05, 3.63) is 120 Å². The molecule has 3 N–H and O–H groups in total. The summed E-state index contributed by atoms with van der Waals surface area (Å²) in [5.74, 6) is -3.50. The second-order valence-corrected chi connectivity index (χ2v) is 6.34. The predicted octanol–water partition coefficient (Wildman–Crippen LogP) is 3.88. The molecular formula is C21H15LaN3O12. The van der Waals surface area contributed by atoms with E-state index in [1.54, 1.807) is 0 Å². The van der Waals surface area contributed by atoms with Crippen LogP contribution in [0.15, 0.2) is 72.8 Å². The second kappa shape index (κ2) is 15.5. The zero-order valence-corrected chi connectivity index (χ0v) is 22.0. The van der Waals surface area contributed by atoms with Crippen molar-refractivity contribution in [1.82, 2.24) is 0 Å². The fraction of sp³-hybridized carbons (Fsp3) is 0. The van der Waals surface area contributed by atoms with E-state index in [9.17, 15) is 44.7 Å². The largest absolute Gasteiger partial charge is 0.478 e. The van der Waals surface area contributed by atoms with E-state index >= 15 is 0 Å². The first-order valence-electron chi connectivity index (χ1n) is 9.26. The number of carboxylic acids is 3. The van der Waals surface area contributed by atoms with Crippen molar-refractivity contribution >= 4 is 35.0 Å². The molecule has 0 fully saturated rings. The van der Waals surface area contributed by atoms with Crippen LogP contribution in [0.25, 0.3) is 0 Å². The van der Waals surface area contributed by atoms with E-state index in [0.717, 1.165) is 18.2 Å². The Labute approximate surface area is 234 Å². The average molecular weight is 640 g/mol. The topological polar surface area (TPSA) is 241 Å². The Morgan fingerprint density at radius 2 is 0.730 bits per heavy atom. The first kappa shape index (κ1) is 32.5. The second-order valence-electron chi connectivity index (χ2n) is 6.34. The Morgan fingerprint density at radius 1 is 0.514 bits per heavy atom. The number of nitro benzene ring substituents is 3. The number of non-ortho nitro benzene ring substituents is 3. The summed E-state index contributed by atoms with van der Waals surface area (Å²) in [6.45, 7) is 0. The van der Waals surface area contributed by atoms with Crippen LogP contribution in [0.1, 0.15) is 31.1 Å². The van der Waals surface area contributed by atoms with Crippen LogP contribution in [0, 0.1) is 65.9 Å². The molecule has 0 unspecified atom stereocenters. The normalized spacial score (nSPS) is 9.08. The Hall–Kier alpha value is -4.54. The zero-order valence-electron chi connectivity index (χ0n) is 18.4. The molecule has 37 heavy (non-hydrogen) atoms. The minimum atomic E-state index is -1.17. The summed E-state index contributed by atoms with van der Waals surface area (Å²) >= 11 is 0. The monoisotopic (exact) mass is 640 g/mol. The maximum absolute atomic E-state index is 10.4. The van der Waals surface area contributed by atoms with Crippen LogP contribution in [0.3, 0.4) is 0 Å². The van der Waals surface area contributed by atoms with Gasteiger partial charge in [0.25, 0.3) is 17.1 Å². The maximum Gasteiger partial charge on any atom is 0.335 e. The molecule has 0 amide bonds. The number of nitrogens with zero attached hydrogens (tertiary/aromatic N) is 3. The van der Waals surface area contributed by atoms with E-state index in [4.69, 9.17) is 15.3 Å². The van der Waals surface area contributed by atoms with Crippen molar-refractivity contribution in [2.24, 2.45) is 0 Å². The Kier molecular flexibility index (Phi) is 13.6. The molecule has 0 aliphatic rings. The maximum atomic E-state index is 10.4. The number of benzene rings is 3. The van der Waals surface area contributed by atoms with Crippen molar-refractivity contribution in [3.63, 3.8) is 0 Å². The van der Waals surface area contributed by atoms with Gasteiger partial charge in [-0.05, 0) is 18.2 Å². The van der Waals surface area contributed by atoms with Crippen LogP contribution in [-0.2, 0) is 0 Å². The van der Waals surface area contributed by atoms with E-state index in [1.165, 1.54) is 54.6 Å². The number of carbonyl (C=O) groups is 3. The first-order chi connectivity index (χ1) is 16.8. The van der Waals surface area contributed by atoms with E-state index in [2.05, 4.69) is 0 Å². The number of hydrogen-bond acceptors (Lipinski definition) is 9. The number of hydrogen-bond donors (Lipinski definition) is 3. The molecule has 0 heterocycles. The summed E-state index contributed by atoms with van der Waals surface area (Å²) in [6.07, 6.45) is 0. The molecule has 189 valence electrons. The van der Waals surface area contributed by atoms with Gasteiger partial charge in [-0.1, -0.05) is 18.2 Å². The molecule has 0 bridgehead atoms. The molecule has 3 aromatic carbocycles. The summed E-state index contributed by atoms with van der Waals surface area (Å²) < 4.78 is 0. The van der Waals surface area contributed by atoms with Crippen LogP contribution in [0.5, 0.6) is 0 Å². The summed E-state index contributed by atoms with van der Waals surface area (Å²) in [5.41, 5.74) is -0.877. The third-order valence-electron chi connectivity index (χ3n) is 3.91. The van der Waals surface area contributed by atoms with Crippen LogP contribution in [0.4, 0.5) is 17.1 Å². The molecule has 0 aliphatic heterocycles. The molecular weight excluding hydrogens is 625 g/mol. The molecule has 0 aliphatic carbocycles. The third kappa shape index (κ3) is 11.2. The molecule has 3 aromatic rings. The fourth-order valence-electron chi connectivity index (χ4n) is 2.26. The molecule has 1 radical (unpaired) electrons. The van der Waals surface area contributed by atoms with Gasteiger partial charge in [0.15, 0.2) is 0 Å². The van der Waals surface area contributed by atoms with Crippen LogP contribution >= 0.6 is 0 Å². The van der Waals surface area contributed by atoms with E-state index < -0.39 is 32.7 Å². The molecule has 16 heteroatoms. The third-order valence-corrected chi connectivity index (χ3v) is 3.91. The number of rotatable bonds is 6. The molecule has 0 spiro atoms. The molecule has 15 nitrogen and oxygen atoms in total. The predicted molar refractivity (Wildman–Crippen MR) is 120 cm³/mol. The standard InChI is InChI=1S/3C7H5NO4.La/c3*9-7(10)5-2-1-3-6(4-5)8(11)12;/h3*1-4H,(H,9,10);. The van der Waals surface area contributed by atoms with Crippen LogP contribution < -0.4 is 0 Å². The van der Waals surface area contributed by atoms with Crippen molar-refractivity contribution in [3.8, 4) is 0 Å². The van der Waals surface area contributed by atoms with Crippen molar-refractivity contribution in [2.45, 2.75) is 0 Å². The molecule has 0 aromatic heterocycles. The van der Waals surface area contributed by atoms with Crippen LogP contribution in [0.2, 0.25) is 0 Å². The van der Waals surface area contributed by atoms with Crippen LogP contribution in [-0.4, -0.2) is 48.0 Å². The Bertz CT molecular complexity index is 1080. The first-order valence-corrected chi connectivity index (χ1v) is 9.26. The number of aromatic carboxylic acids is 3. The summed E-state index contributed by atoms with van der Waals surface area (Å²) in [6, 6.07) is 14.7. The van der Waals surface area contributed by atoms with Gasteiger partial charge in [-0.25, -0.2) is 14.4 Å².